The maximum absolute atomic E-state index is 5.60. The minimum Gasteiger partial charge on any atom is -0.342 e. The Kier molecular flexibility index (Phi) is 4.96. The summed E-state index contributed by atoms with van der Waals surface area (Å²) in [6.45, 7) is 0.359. The molecule has 0 bridgehead atoms. The van der Waals surface area contributed by atoms with E-state index in [0.29, 0.717) is 13.0 Å². The number of fused-ring (bicyclic) bond motifs is 2. The van der Waals surface area contributed by atoms with Crippen molar-refractivity contribution in [2.75, 3.05) is 6.54 Å². The largest absolute Gasteiger partial charge is 0.342 e. The van der Waals surface area contributed by atoms with Gasteiger partial charge >= 0.3 is 0 Å². The Hall–Kier alpha value is -2.68. The van der Waals surface area contributed by atoms with Crippen LogP contribution in [0.4, 0.5) is 0 Å². The highest BCUT2D eigenvalue weighted by Crippen LogP contribution is 2.28. The van der Waals surface area contributed by atoms with E-state index in [1.165, 1.54) is 5.56 Å². The maximum Gasteiger partial charge on any atom is 0.109 e. The van der Waals surface area contributed by atoms with Gasteiger partial charge in [0.05, 0.1) is 35.4 Å². The number of benzene rings is 1. The molecule has 2 atom stereocenters. The zero-order chi connectivity index (χ0) is 17.8. The number of aromatic amines is 1. The van der Waals surface area contributed by atoms with Crippen molar-refractivity contribution in [3.63, 3.8) is 0 Å². The van der Waals surface area contributed by atoms with Crippen LogP contribution < -0.4 is 11.1 Å². The van der Waals surface area contributed by atoms with Crippen molar-refractivity contribution in [2.45, 2.75) is 37.8 Å². The van der Waals surface area contributed by atoms with E-state index in [0.717, 1.165) is 41.8 Å². The number of nitrogens with zero attached hydrogens (tertiary/aromatic N) is 2. The fraction of sp³-hybridized carbons (Fsp3) is 0.333. The Bertz CT molecular complexity index is 916. The van der Waals surface area contributed by atoms with Crippen LogP contribution in [0, 0.1) is 11.8 Å². The first-order valence-electron chi connectivity index (χ1n) is 9.15. The van der Waals surface area contributed by atoms with Gasteiger partial charge in [-0.25, -0.2) is 4.98 Å². The second-order valence-electron chi connectivity index (χ2n) is 6.64. The summed E-state index contributed by atoms with van der Waals surface area (Å²) < 4.78 is 0. The van der Waals surface area contributed by atoms with Gasteiger partial charge in [0, 0.05) is 12.6 Å². The molecule has 2 heterocycles. The van der Waals surface area contributed by atoms with Crippen LogP contribution in [-0.2, 0) is 12.8 Å². The van der Waals surface area contributed by atoms with Crippen LogP contribution in [0.5, 0.6) is 0 Å². The predicted molar refractivity (Wildman–Crippen MR) is 103 cm³/mol. The first kappa shape index (κ1) is 16.8. The SMILES string of the molecule is NCC#CC(Cc1nc2ccccc2[nH]1)NC1CCCc2cccnc21. The van der Waals surface area contributed by atoms with Gasteiger partial charge in [-0.1, -0.05) is 30.0 Å². The minimum atomic E-state index is -0.0166. The molecule has 5 heteroatoms. The van der Waals surface area contributed by atoms with Crippen LogP contribution in [0.3, 0.4) is 0 Å². The Morgan fingerprint density at radius 1 is 1.27 bits per heavy atom. The number of nitrogens with one attached hydrogen (secondary N) is 2. The smallest absolute Gasteiger partial charge is 0.109 e. The molecule has 3 aromatic rings. The quantitative estimate of drug-likeness (QED) is 0.635. The number of imidazole rings is 1. The van der Waals surface area contributed by atoms with Crippen molar-refractivity contribution in [3.05, 3.63) is 59.7 Å². The third kappa shape index (κ3) is 3.62. The van der Waals surface area contributed by atoms with E-state index in [1.54, 1.807) is 0 Å². The fourth-order valence-corrected chi connectivity index (χ4v) is 3.64. The van der Waals surface area contributed by atoms with Gasteiger partial charge in [-0.05, 0) is 43.0 Å². The molecule has 26 heavy (non-hydrogen) atoms. The summed E-state index contributed by atoms with van der Waals surface area (Å²) in [6, 6.07) is 12.5. The maximum atomic E-state index is 5.60. The molecule has 5 nitrogen and oxygen atoms in total. The lowest BCUT2D eigenvalue weighted by Gasteiger charge is -2.27. The van der Waals surface area contributed by atoms with Crippen molar-refractivity contribution >= 4 is 11.0 Å². The number of hydrogen-bond donors (Lipinski definition) is 3. The third-order valence-electron chi connectivity index (χ3n) is 4.81. The lowest BCUT2D eigenvalue weighted by Crippen LogP contribution is -2.36. The van der Waals surface area contributed by atoms with Gasteiger partial charge < -0.3 is 10.7 Å². The highest BCUT2D eigenvalue weighted by atomic mass is 15.0. The zero-order valence-corrected chi connectivity index (χ0v) is 14.7. The Balaban J connectivity index is 1.56. The van der Waals surface area contributed by atoms with Crippen LogP contribution in [0.15, 0.2) is 42.6 Å². The molecular weight excluding hydrogens is 322 g/mol. The third-order valence-corrected chi connectivity index (χ3v) is 4.81. The molecule has 1 aliphatic rings. The summed E-state index contributed by atoms with van der Waals surface area (Å²) in [5.74, 6) is 7.22. The molecule has 0 fully saturated rings. The molecule has 4 N–H and O–H groups in total. The Labute approximate surface area is 153 Å². The minimum absolute atomic E-state index is 0.0166. The van der Waals surface area contributed by atoms with Crippen LogP contribution in [0.25, 0.3) is 11.0 Å². The summed E-state index contributed by atoms with van der Waals surface area (Å²) in [7, 11) is 0. The fourth-order valence-electron chi connectivity index (χ4n) is 3.64. The van der Waals surface area contributed by atoms with Gasteiger partial charge in [-0.2, -0.15) is 0 Å². The van der Waals surface area contributed by atoms with E-state index >= 15 is 0 Å². The standard InChI is InChI=1S/C21H23N5/c22-12-4-8-16(14-20-25-17-9-1-2-10-18(17)26-20)24-19-11-3-6-15-7-5-13-23-21(15)19/h1-2,5,7,9-10,13,16,19,24H,3,6,11-12,14,22H2,(H,25,26). The molecule has 0 aliphatic heterocycles. The van der Waals surface area contributed by atoms with E-state index in [-0.39, 0.29) is 12.1 Å². The van der Waals surface area contributed by atoms with Gasteiger partial charge in [0.25, 0.3) is 0 Å². The number of aromatic nitrogens is 3. The molecule has 1 aliphatic carbocycles. The van der Waals surface area contributed by atoms with Crippen LogP contribution in [0.2, 0.25) is 0 Å². The molecule has 0 amide bonds. The molecule has 2 aromatic heterocycles. The number of nitrogens with two attached hydrogens (primary N) is 1. The summed E-state index contributed by atoms with van der Waals surface area (Å²) >= 11 is 0. The van der Waals surface area contributed by atoms with Gasteiger partial charge in [-0.3, -0.25) is 10.3 Å². The van der Waals surface area contributed by atoms with Gasteiger partial charge in [0.1, 0.15) is 5.82 Å². The second kappa shape index (κ2) is 7.69. The molecule has 0 saturated heterocycles. The molecule has 0 spiro atoms. The molecule has 4 rings (SSSR count). The Morgan fingerprint density at radius 3 is 3.08 bits per heavy atom. The van der Waals surface area contributed by atoms with Gasteiger partial charge in [0.15, 0.2) is 0 Å². The monoisotopic (exact) mass is 345 g/mol. The van der Waals surface area contributed by atoms with Crippen molar-refractivity contribution in [1.29, 1.82) is 0 Å². The highest BCUT2D eigenvalue weighted by molar-refractivity contribution is 5.74. The molecule has 132 valence electrons. The van der Waals surface area contributed by atoms with Crippen molar-refractivity contribution in [3.8, 4) is 11.8 Å². The normalized spacial score (nSPS) is 17.3. The van der Waals surface area contributed by atoms with Gasteiger partial charge in [-0.15, -0.1) is 0 Å². The van der Waals surface area contributed by atoms with Crippen molar-refractivity contribution in [2.24, 2.45) is 5.73 Å². The summed E-state index contributed by atoms with van der Waals surface area (Å²) in [5, 5.41) is 3.69. The van der Waals surface area contributed by atoms with Crippen LogP contribution >= 0.6 is 0 Å². The van der Waals surface area contributed by atoms with E-state index in [1.807, 2.05) is 36.5 Å². The molecule has 0 saturated carbocycles. The number of para-hydroxylation sites is 2. The number of rotatable bonds is 4. The Morgan fingerprint density at radius 2 is 2.19 bits per heavy atom. The van der Waals surface area contributed by atoms with Gasteiger partial charge in [0.2, 0.25) is 0 Å². The molecule has 1 aromatic carbocycles. The summed E-state index contributed by atoms with van der Waals surface area (Å²) in [6.07, 6.45) is 5.92. The van der Waals surface area contributed by atoms with E-state index in [9.17, 15) is 0 Å². The van der Waals surface area contributed by atoms with Crippen molar-refractivity contribution in [1.82, 2.24) is 20.3 Å². The second-order valence-corrected chi connectivity index (χ2v) is 6.64. The van der Waals surface area contributed by atoms with E-state index < -0.39 is 0 Å². The molecule has 2 unspecified atom stereocenters. The summed E-state index contributed by atoms with van der Waals surface area (Å²) in [4.78, 5) is 12.7. The first-order chi connectivity index (χ1) is 12.8. The van der Waals surface area contributed by atoms with Crippen LogP contribution in [-0.4, -0.2) is 27.5 Å². The highest BCUT2D eigenvalue weighted by Gasteiger charge is 2.23. The average Bonchev–Trinajstić information content (AvgIpc) is 3.08. The topological polar surface area (TPSA) is 79.6 Å². The number of aryl methyl sites for hydroxylation is 1. The lowest BCUT2D eigenvalue weighted by molar-refractivity contribution is 0.420. The van der Waals surface area contributed by atoms with E-state index in [4.69, 9.17) is 5.73 Å². The predicted octanol–water partition coefficient (Wildman–Crippen LogP) is 2.50. The number of H-pyrrole nitrogens is 1. The van der Waals surface area contributed by atoms with Crippen LogP contribution in [0.1, 0.15) is 36.0 Å². The number of pyridine rings is 1. The molecular formula is C21H23N5. The van der Waals surface area contributed by atoms with Crippen molar-refractivity contribution < 1.29 is 0 Å². The number of hydrogen-bond acceptors (Lipinski definition) is 4. The van der Waals surface area contributed by atoms with E-state index in [2.05, 4.69) is 38.2 Å². The zero-order valence-electron chi connectivity index (χ0n) is 14.7. The lowest BCUT2D eigenvalue weighted by atomic mass is 9.91. The average molecular weight is 345 g/mol. The summed E-state index contributed by atoms with van der Waals surface area (Å²) in [5.41, 5.74) is 10.1. The first-order valence-corrected chi connectivity index (χ1v) is 9.15. The molecule has 0 radical (unpaired) electrons.